The third-order valence-corrected chi connectivity index (χ3v) is 8.41. The predicted octanol–water partition coefficient (Wildman–Crippen LogP) is 10.0. The average Bonchev–Trinajstić information content (AvgIpc) is 3.15. The van der Waals surface area contributed by atoms with E-state index in [4.69, 9.17) is 0 Å². The van der Waals surface area contributed by atoms with Crippen molar-refractivity contribution in [2.75, 3.05) is 0 Å². The van der Waals surface area contributed by atoms with Gasteiger partial charge in [-0.3, -0.25) is 5.92 Å². The first-order valence-corrected chi connectivity index (χ1v) is 13.0. The molecule has 2 aromatic rings. The quantitative estimate of drug-likeness (QED) is 0.276. The maximum Gasteiger partial charge on any atom is 4.00 e. The Labute approximate surface area is 246 Å². The van der Waals surface area contributed by atoms with Crippen molar-refractivity contribution in [1.82, 2.24) is 0 Å². The second-order valence-electron chi connectivity index (χ2n) is 10.3. The molecule has 192 valence electrons. The van der Waals surface area contributed by atoms with Gasteiger partial charge >= 0.3 is 21.7 Å². The number of benzene rings is 2. The molecule has 0 heterocycles. The van der Waals surface area contributed by atoms with Crippen molar-refractivity contribution in [3.63, 3.8) is 0 Å². The Bertz CT molecular complexity index is 700. The third-order valence-electron chi connectivity index (χ3n) is 8.41. The summed E-state index contributed by atoms with van der Waals surface area (Å²) in [4.78, 5) is 0. The molecule has 0 aromatic heterocycles. The van der Waals surface area contributed by atoms with Gasteiger partial charge in [-0.25, -0.2) is 0 Å². The molecule has 2 aliphatic carbocycles. The van der Waals surface area contributed by atoms with E-state index in [0.717, 1.165) is 0 Å². The molecule has 2 aromatic carbocycles. The van der Waals surface area contributed by atoms with Crippen LogP contribution in [-0.4, -0.2) is 0 Å². The first-order chi connectivity index (χ1) is 16.9. The second-order valence-corrected chi connectivity index (χ2v) is 10.3. The van der Waals surface area contributed by atoms with Crippen molar-refractivity contribution in [3.05, 3.63) is 145 Å². The van der Waals surface area contributed by atoms with Gasteiger partial charge in [0, 0.05) is 0 Å². The van der Waals surface area contributed by atoms with Crippen LogP contribution in [0.4, 0.5) is 0 Å². The summed E-state index contributed by atoms with van der Waals surface area (Å²) in [6, 6.07) is 20.9. The van der Waals surface area contributed by atoms with Crippen molar-refractivity contribution in [2.24, 2.45) is 5.92 Å². The fourth-order valence-corrected chi connectivity index (χ4v) is 4.87. The zero-order valence-corrected chi connectivity index (χ0v) is 26.4. The van der Waals surface area contributed by atoms with E-state index >= 15 is 0 Å². The predicted molar refractivity (Wildman–Crippen MR) is 158 cm³/mol. The summed E-state index contributed by atoms with van der Waals surface area (Å²) in [5.41, 5.74) is 2.56. The van der Waals surface area contributed by atoms with Crippen molar-refractivity contribution in [2.45, 2.75) is 75.2 Å². The first kappa shape index (κ1) is 34.2. The van der Waals surface area contributed by atoms with Crippen LogP contribution in [0, 0.1) is 78.9 Å². The fourth-order valence-electron chi connectivity index (χ4n) is 4.87. The van der Waals surface area contributed by atoms with Crippen LogP contribution in [0.2, 0.25) is 0 Å². The molecule has 0 N–H and O–H groups in total. The van der Waals surface area contributed by atoms with Gasteiger partial charge in [-0.05, 0) is 76.2 Å². The summed E-state index contributed by atoms with van der Waals surface area (Å²) < 4.78 is 0. The van der Waals surface area contributed by atoms with Crippen LogP contribution >= 0.6 is 0 Å². The van der Waals surface area contributed by atoms with Crippen molar-refractivity contribution >= 4 is 0 Å². The molecule has 0 atom stereocenters. The Hall–Kier alpha value is -0.846. The van der Waals surface area contributed by atoms with Gasteiger partial charge in [-0.2, -0.15) is 0 Å². The Morgan fingerprint density at radius 1 is 0.378 bits per heavy atom. The van der Waals surface area contributed by atoms with Crippen molar-refractivity contribution < 1.29 is 21.7 Å². The van der Waals surface area contributed by atoms with Gasteiger partial charge in [-0.15, -0.1) is 0 Å². The molecule has 0 saturated heterocycles. The van der Waals surface area contributed by atoms with Gasteiger partial charge in [0.2, 0.25) is 0 Å². The molecule has 0 spiro atoms. The first-order valence-electron chi connectivity index (χ1n) is 13.0. The fraction of sp³-hybridized carbons (Fsp3) is 0.333. The molecule has 0 unspecified atom stereocenters. The van der Waals surface area contributed by atoms with E-state index in [0.29, 0.717) is 0 Å². The second kappa shape index (κ2) is 15.7. The molecule has 0 amide bonds. The molecular weight excluding hydrogens is 480 g/mol. The Morgan fingerprint density at radius 2 is 0.568 bits per heavy atom. The molecule has 0 bridgehead atoms. The van der Waals surface area contributed by atoms with Crippen LogP contribution in [-0.2, 0) is 21.7 Å². The van der Waals surface area contributed by atoms with Crippen LogP contribution in [0.1, 0.15) is 86.3 Å². The zero-order valence-electron chi connectivity index (χ0n) is 24.8. The topological polar surface area (TPSA) is 0 Å². The van der Waals surface area contributed by atoms with E-state index in [9.17, 15) is 0 Å². The molecular formula is C36H46Ti+2. The van der Waals surface area contributed by atoms with E-state index in [2.05, 4.69) is 132 Å². The molecule has 4 rings (SSSR count). The molecule has 1 heteroatoms. The van der Waals surface area contributed by atoms with E-state index in [1.165, 1.54) is 70.3 Å². The number of hydrogen-bond acceptors (Lipinski definition) is 0. The SMILES string of the molecule is C[C]1[C](C)[C](C)[C](C)[C]1C.C[C]1[C](C)[C](C)[C](C)[C]1C.[CH2-]C([CH2-])C(c1ccccc1)c1ccccc1.[Ti+4]. The van der Waals surface area contributed by atoms with Gasteiger partial charge in [-0.1, -0.05) is 130 Å². The Kier molecular flexibility index (Phi) is 14.5. The van der Waals surface area contributed by atoms with Gasteiger partial charge in [0.25, 0.3) is 0 Å². The normalized spacial score (nSPS) is 20.2. The van der Waals surface area contributed by atoms with Crippen LogP contribution < -0.4 is 0 Å². The maximum atomic E-state index is 4.08. The zero-order chi connectivity index (χ0) is 27.2. The van der Waals surface area contributed by atoms with E-state index in [1.807, 2.05) is 12.1 Å². The van der Waals surface area contributed by atoms with Crippen LogP contribution in [0.3, 0.4) is 0 Å². The minimum Gasteiger partial charge on any atom is -0.369 e. The molecule has 0 nitrogen and oxygen atoms in total. The van der Waals surface area contributed by atoms with E-state index in [-0.39, 0.29) is 33.6 Å². The van der Waals surface area contributed by atoms with Crippen LogP contribution in [0.25, 0.3) is 0 Å². The standard InChI is InChI=1S/C16H16.2C10H15.Ti/c1-13(2)16(14-9-5-3-6-10-14)15-11-7-4-8-12-15;2*1-6-7(2)9(4)10(5)8(6)3;/h3-13,16H,1-2H2;2*1-5H3;/q-2;;;+4. The summed E-state index contributed by atoms with van der Waals surface area (Å²) in [5.74, 6) is 15.1. The molecule has 2 saturated carbocycles. The Morgan fingerprint density at radius 3 is 0.730 bits per heavy atom. The summed E-state index contributed by atoms with van der Waals surface area (Å²) in [7, 11) is 0. The van der Waals surface area contributed by atoms with Crippen LogP contribution in [0.15, 0.2) is 60.7 Å². The summed E-state index contributed by atoms with van der Waals surface area (Å²) in [6.07, 6.45) is 0. The summed E-state index contributed by atoms with van der Waals surface area (Å²) in [5, 5.41) is 0. The average molecular weight is 527 g/mol. The number of hydrogen-bond donors (Lipinski definition) is 0. The van der Waals surface area contributed by atoms with E-state index < -0.39 is 0 Å². The van der Waals surface area contributed by atoms with Crippen molar-refractivity contribution in [1.29, 1.82) is 0 Å². The molecule has 2 aliphatic rings. The summed E-state index contributed by atoms with van der Waals surface area (Å²) >= 11 is 0. The van der Waals surface area contributed by atoms with E-state index in [1.54, 1.807) is 0 Å². The molecule has 10 radical (unpaired) electrons. The smallest absolute Gasteiger partial charge is 0.369 e. The van der Waals surface area contributed by atoms with Gasteiger partial charge < -0.3 is 13.8 Å². The van der Waals surface area contributed by atoms with Gasteiger partial charge in [0.05, 0.1) is 0 Å². The summed E-state index contributed by atoms with van der Waals surface area (Å²) in [6.45, 7) is 30.2. The Balaban J connectivity index is 0.000000287. The molecule has 37 heavy (non-hydrogen) atoms. The maximum absolute atomic E-state index is 4.08. The molecule has 2 fully saturated rings. The minimum atomic E-state index is 0. The van der Waals surface area contributed by atoms with Gasteiger partial charge in [0.1, 0.15) is 0 Å². The monoisotopic (exact) mass is 526 g/mol. The third kappa shape index (κ3) is 8.57. The molecule has 0 aliphatic heterocycles. The van der Waals surface area contributed by atoms with Crippen LogP contribution in [0.5, 0.6) is 0 Å². The minimum absolute atomic E-state index is 0. The van der Waals surface area contributed by atoms with Crippen molar-refractivity contribution in [3.8, 4) is 0 Å². The van der Waals surface area contributed by atoms with Gasteiger partial charge in [0.15, 0.2) is 0 Å². The number of rotatable bonds is 3. The largest absolute Gasteiger partial charge is 4.00 e.